The number of hydrogen-bond acceptors (Lipinski definition) is 2. The lowest BCUT2D eigenvalue weighted by Crippen LogP contribution is -1.87. The van der Waals surface area contributed by atoms with E-state index in [0.717, 1.165) is 11.1 Å². The fraction of sp³-hybridized carbons (Fsp3) is 0.364. The molecular weight excluding hydrogens is 196 g/mol. The van der Waals surface area contributed by atoms with E-state index in [1.807, 2.05) is 19.1 Å². The van der Waals surface area contributed by atoms with Crippen LogP contribution in [0.3, 0.4) is 0 Å². The Labute approximate surface area is 88.8 Å². The van der Waals surface area contributed by atoms with Crippen LogP contribution in [0.25, 0.3) is 0 Å². The van der Waals surface area contributed by atoms with Crippen LogP contribution < -0.4 is 0 Å². The predicted octanol–water partition coefficient (Wildman–Crippen LogP) is 3.05. The number of rotatable bonds is 1. The Hall–Kier alpha value is -1.71. The highest BCUT2D eigenvalue weighted by molar-refractivity contribution is 5.53. The highest BCUT2D eigenvalue weighted by Crippen LogP contribution is 2.25. The largest absolute Gasteiger partial charge is 0.508 e. The second kappa shape index (κ2) is 5.90. The van der Waals surface area contributed by atoms with Crippen molar-refractivity contribution in [2.45, 2.75) is 26.7 Å². The van der Waals surface area contributed by atoms with Gasteiger partial charge in [-0.3, -0.25) is 0 Å². The van der Waals surface area contributed by atoms with E-state index in [4.69, 9.17) is 15.0 Å². The molecule has 0 atom stereocenters. The third-order valence-electron chi connectivity index (χ3n) is 1.81. The summed E-state index contributed by atoms with van der Waals surface area (Å²) in [6, 6.07) is 5.81. The first-order valence-electron chi connectivity index (χ1n) is 4.56. The standard InChI is InChI=1S/C10H14O.CH2O3/c1-7(2)9-5-4-8(3)6-10(9)11;2-1(3)4/h4-7,11H,1-3H3;(H2,2,3,4). The number of benzene rings is 1. The molecule has 0 spiro atoms. The summed E-state index contributed by atoms with van der Waals surface area (Å²) in [6.45, 7) is 6.12. The van der Waals surface area contributed by atoms with Crippen LogP contribution in [-0.2, 0) is 0 Å². The molecule has 3 N–H and O–H groups in total. The molecule has 1 aromatic rings. The lowest BCUT2D eigenvalue weighted by atomic mass is 10.0. The van der Waals surface area contributed by atoms with Gasteiger partial charge in [0.05, 0.1) is 0 Å². The Morgan fingerprint density at radius 3 is 2.07 bits per heavy atom. The summed E-state index contributed by atoms with van der Waals surface area (Å²) in [5.41, 5.74) is 2.13. The Morgan fingerprint density at radius 1 is 1.27 bits per heavy atom. The summed E-state index contributed by atoms with van der Waals surface area (Å²) >= 11 is 0. The van der Waals surface area contributed by atoms with Crippen LogP contribution >= 0.6 is 0 Å². The van der Waals surface area contributed by atoms with Crippen molar-refractivity contribution >= 4 is 6.16 Å². The van der Waals surface area contributed by atoms with Crippen LogP contribution in [0.1, 0.15) is 30.9 Å². The van der Waals surface area contributed by atoms with E-state index in [9.17, 15) is 5.11 Å². The maximum absolute atomic E-state index is 9.46. The van der Waals surface area contributed by atoms with Gasteiger partial charge in [-0.15, -0.1) is 0 Å². The minimum atomic E-state index is -1.83. The van der Waals surface area contributed by atoms with E-state index in [1.165, 1.54) is 0 Å². The number of aromatic hydroxyl groups is 1. The number of phenols is 1. The summed E-state index contributed by atoms with van der Waals surface area (Å²) in [5, 5.41) is 23.4. The second-order valence-electron chi connectivity index (χ2n) is 3.50. The topological polar surface area (TPSA) is 77.8 Å². The minimum absolute atomic E-state index is 0.399. The molecule has 1 rings (SSSR count). The van der Waals surface area contributed by atoms with Crippen molar-refractivity contribution in [1.29, 1.82) is 0 Å². The zero-order valence-corrected chi connectivity index (χ0v) is 9.06. The maximum atomic E-state index is 9.46. The molecule has 0 aliphatic carbocycles. The van der Waals surface area contributed by atoms with Gasteiger partial charge < -0.3 is 15.3 Å². The van der Waals surface area contributed by atoms with E-state index in [2.05, 4.69) is 13.8 Å². The molecule has 0 amide bonds. The molecule has 0 saturated heterocycles. The summed E-state index contributed by atoms with van der Waals surface area (Å²) in [7, 11) is 0. The molecule has 4 nitrogen and oxygen atoms in total. The lowest BCUT2D eigenvalue weighted by molar-refractivity contribution is 0.137. The predicted molar refractivity (Wildman–Crippen MR) is 57.6 cm³/mol. The maximum Gasteiger partial charge on any atom is 0.503 e. The molecule has 4 heteroatoms. The fourth-order valence-corrected chi connectivity index (χ4v) is 1.14. The Balaban J connectivity index is 0.000000423. The van der Waals surface area contributed by atoms with Crippen LogP contribution in [0.5, 0.6) is 5.75 Å². The highest BCUT2D eigenvalue weighted by Gasteiger charge is 2.03. The first-order valence-corrected chi connectivity index (χ1v) is 4.56. The number of carboxylic acid groups (broad SMARTS) is 2. The summed E-state index contributed by atoms with van der Waals surface area (Å²) in [5.74, 6) is 0.815. The van der Waals surface area contributed by atoms with Gasteiger partial charge in [0.25, 0.3) is 0 Å². The summed E-state index contributed by atoms with van der Waals surface area (Å²) < 4.78 is 0. The highest BCUT2D eigenvalue weighted by atomic mass is 16.6. The van der Waals surface area contributed by atoms with Gasteiger partial charge >= 0.3 is 6.16 Å². The van der Waals surface area contributed by atoms with Crippen LogP contribution in [0.4, 0.5) is 4.79 Å². The van der Waals surface area contributed by atoms with E-state index in [0.29, 0.717) is 11.7 Å². The Kier molecular flexibility index (Phi) is 5.23. The smallest absolute Gasteiger partial charge is 0.503 e. The average Bonchev–Trinajstić information content (AvgIpc) is 2.01. The quantitative estimate of drug-likeness (QED) is 0.668. The number of phenolic OH excluding ortho intramolecular Hbond substituents is 1. The monoisotopic (exact) mass is 212 g/mol. The zero-order chi connectivity index (χ0) is 12.0. The molecule has 0 fully saturated rings. The number of aryl methyl sites for hydroxylation is 1. The SMILES string of the molecule is Cc1ccc(C(C)C)c(O)c1.O=C(O)O. The van der Waals surface area contributed by atoms with Gasteiger partial charge in [-0.05, 0) is 30.0 Å². The third kappa shape index (κ3) is 5.57. The molecule has 1 aromatic carbocycles. The first kappa shape index (κ1) is 13.3. The molecule has 0 aliphatic rings. The number of carbonyl (C=O) groups is 1. The molecule has 0 aromatic heterocycles. The molecular formula is C11H16O4. The molecule has 0 saturated carbocycles. The molecule has 84 valence electrons. The van der Waals surface area contributed by atoms with Crippen LogP contribution in [0.15, 0.2) is 18.2 Å². The van der Waals surface area contributed by atoms with E-state index in [-0.39, 0.29) is 0 Å². The van der Waals surface area contributed by atoms with Crippen LogP contribution in [0.2, 0.25) is 0 Å². The molecule has 0 bridgehead atoms. The van der Waals surface area contributed by atoms with Crippen molar-refractivity contribution in [3.05, 3.63) is 29.3 Å². The molecule has 0 heterocycles. The van der Waals surface area contributed by atoms with E-state index in [1.54, 1.807) is 6.07 Å². The lowest BCUT2D eigenvalue weighted by Gasteiger charge is -2.07. The van der Waals surface area contributed by atoms with Crippen molar-refractivity contribution in [3.63, 3.8) is 0 Å². The summed E-state index contributed by atoms with van der Waals surface area (Å²) in [4.78, 5) is 8.56. The van der Waals surface area contributed by atoms with Crippen molar-refractivity contribution in [2.75, 3.05) is 0 Å². The van der Waals surface area contributed by atoms with Gasteiger partial charge in [0, 0.05) is 0 Å². The third-order valence-corrected chi connectivity index (χ3v) is 1.81. The molecule has 0 radical (unpaired) electrons. The Bertz CT molecular complexity index is 327. The van der Waals surface area contributed by atoms with E-state index < -0.39 is 6.16 Å². The van der Waals surface area contributed by atoms with Gasteiger partial charge in [-0.1, -0.05) is 26.0 Å². The van der Waals surface area contributed by atoms with Gasteiger partial charge in [-0.2, -0.15) is 0 Å². The average molecular weight is 212 g/mol. The van der Waals surface area contributed by atoms with Crippen LogP contribution in [0, 0.1) is 6.92 Å². The molecule has 0 aliphatic heterocycles. The minimum Gasteiger partial charge on any atom is -0.508 e. The second-order valence-corrected chi connectivity index (χ2v) is 3.50. The van der Waals surface area contributed by atoms with Crippen molar-refractivity contribution in [1.82, 2.24) is 0 Å². The van der Waals surface area contributed by atoms with Crippen molar-refractivity contribution in [2.24, 2.45) is 0 Å². The summed E-state index contributed by atoms with van der Waals surface area (Å²) in [6.07, 6.45) is -1.83. The fourth-order valence-electron chi connectivity index (χ4n) is 1.14. The van der Waals surface area contributed by atoms with E-state index >= 15 is 0 Å². The number of hydrogen-bond donors (Lipinski definition) is 3. The molecule has 15 heavy (non-hydrogen) atoms. The van der Waals surface area contributed by atoms with Crippen molar-refractivity contribution < 1.29 is 20.1 Å². The first-order chi connectivity index (χ1) is 6.84. The van der Waals surface area contributed by atoms with Crippen LogP contribution in [-0.4, -0.2) is 21.5 Å². The normalized spacial score (nSPS) is 9.33. The van der Waals surface area contributed by atoms with Gasteiger partial charge in [0.15, 0.2) is 0 Å². The molecule has 0 unspecified atom stereocenters. The van der Waals surface area contributed by atoms with Crippen molar-refractivity contribution in [3.8, 4) is 5.75 Å². The van der Waals surface area contributed by atoms with Gasteiger partial charge in [0.1, 0.15) is 5.75 Å². The zero-order valence-electron chi connectivity index (χ0n) is 9.06. The van der Waals surface area contributed by atoms with Gasteiger partial charge in [-0.25, -0.2) is 4.79 Å². The Morgan fingerprint density at radius 2 is 1.73 bits per heavy atom. The van der Waals surface area contributed by atoms with Gasteiger partial charge in [0.2, 0.25) is 0 Å².